The van der Waals surface area contributed by atoms with Crippen molar-refractivity contribution in [3.8, 4) is 0 Å². The average molecular weight is 539 g/mol. The highest BCUT2D eigenvalue weighted by molar-refractivity contribution is 6.31. The Morgan fingerprint density at radius 3 is 2.36 bits per heavy atom. The van der Waals surface area contributed by atoms with Crippen molar-refractivity contribution in [2.45, 2.75) is 51.4 Å². The number of carboxylic acid groups (broad SMARTS) is 1. The molecule has 0 saturated heterocycles. The van der Waals surface area contributed by atoms with E-state index >= 15 is 0 Å². The molecule has 9 nitrogen and oxygen atoms in total. The van der Waals surface area contributed by atoms with Crippen LogP contribution in [0.3, 0.4) is 0 Å². The zero-order chi connectivity index (χ0) is 27.7. The van der Waals surface area contributed by atoms with Crippen molar-refractivity contribution < 1.29 is 37.7 Å². The van der Waals surface area contributed by atoms with E-state index in [1.165, 1.54) is 0 Å². The van der Waals surface area contributed by atoms with Crippen LogP contribution in [-0.4, -0.2) is 85.0 Å². The first-order valence-corrected chi connectivity index (χ1v) is 11.5. The van der Waals surface area contributed by atoms with Crippen LogP contribution < -0.4 is 10.2 Å². The molecule has 2 atom stereocenters. The number of aliphatic hydroxyl groups excluding tert-OH is 1. The van der Waals surface area contributed by atoms with Crippen molar-refractivity contribution in [2.24, 2.45) is 0 Å². The largest absolute Gasteiger partial charge is 0.490 e. The smallest absolute Gasteiger partial charge is 0.475 e. The number of benzene rings is 1. The summed E-state index contributed by atoms with van der Waals surface area (Å²) in [7, 11) is 5.32. The number of fused-ring (bicyclic) bond motifs is 1. The van der Waals surface area contributed by atoms with E-state index < -0.39 is 12.1 Å². The Balaban J connectivity index is 0.000000809. The summed E-state index contributed by atoms with van der Waals surface area (Å²) in [5.74, 6) is -1.47. The predicted molar refractivity (Wildman–Crippen MR) is 133 cm³/mol. The van der Waals surface area contributed by atoms with Gasteiger partial charge in [0.25, 0.3) is 0 Å². The van der Waals surface area contributed by atoms with Gasteiger partial charge in [0.05, 0.1) is 23.8 Å². The second kappa shape index (κ2) is 13.8. The van der Waals surface area contributed by atoms with Gasteiger partial charge in [0.2, 0.25) is 5.95 Å². The summed E-state index contributed by atoms with van der Waals surface area (Å²) in [6.07, 6.45) is -3.67. The molecule has 1 aromatic carbocycles. The Morgan fingerprint density at radius 1 is 1.28 bits per heavy atom. The highest BCUT2D eigenvalue weighted by Gasteiger charge is 2.38. The number of aliphatic hydroxyl groups is 1. The predicted octanol–water partition coefficient (Wildman–Crippen LogP) is 4.29. The van der Waals surface area contributed by atoms with Crippen molar-refractivity contribution in [1.29, 1.82) is 0 Å². The molecule has 204 valence electrons. The maximum Gasteiger partial charge on any atom is 0.490 e. The minimum atomic E-state index is -5.08. The van der Waals surface area contributed by atoms with Crippen LogP contribution >= 0.6 is 11.6 Å². The number of nitrogens with one attached hydrogen (secondary N) is 1. The van der Waals surface area contributed by atoms with Crippen LogP contribution in [0.25, 0.3) is 10.9 Å². The summed E-state index contributed by atoms with van der Waals surface area (Å²) in [5, 5.41) is 21.5. The lowest BCUT2D eigenvalue weighted by atomic mass is 10.0. The average Bonchev–Trinajstić information content (AvgIpc) is 2.78. The number of aryl methyl sites for hydroxylation is 1. The van der Waals surface area contributed by atoms with Gasteiger partial charge in [0.1, 0.15) is 5.82 Å². The first kappa shape index (κ1) is 31.6. The van der Waals surface area contributed by atoms with Gasteiger partial charge >= 0.3 is 12.1 Å². The Bertz CT molecular complexity index is 1000. The first-order valence-electron chi connectivity index (χ1n) is 11.1. The molecule has 3 N–H and O–H groups in total. The van der Waals surface area contributed by atoms with Crippen molar-refractivity contribution >= 4 is 40.2 Å². The van der Waals surface area contributed by atoms with Crippen LogP contribution in [0.1, 0.15) is 32.3 Å². The molecule has 0 radical (unpaired) electrons. The summed E-state index contributed by atoms with van der Waals surface area (Å²) in [4.78, 5) is 20.5. The number of halogens is 4. The number of aromatic nitrogens is 2. The normalized spacial score (nSPS) is 14.0. The molecule has 0 saturated carbocycles. The lowest BCUT2D eigenvalue weighted by Crippen LogP contribution is -2.41. The maximum absolute atomic E-state index is 10.6. The minimum Gasteiger partial charge on any atom is -0.475 e. The number of aliphatic carboxylic acids is 1. The molecule has 13 heteroatoms. The third-order valence-corrected chi connectivity index (χ3v) is 5.75. The summed E-state index contributed by atoms with van der Waals surface area (Å²) in [5.41, 5.74) is 1.45. The van der Waals surface area contributed by atoms with Crippen molar-refractivity contribution in [3.63, 3.8) is 0 Å². The van der Waals surface area contributed by atoms with Crippen LogP contribution in [0, 0.1) is 6.92 Å². The van der Waals surface area contributed by atoms with E-state index in [0.29, 0.717) is 36.4 Å². The number of hydrogen-bond donors (Lipinski definition) is 3. The van der Waals surface area contributed by atoms with Crippen LogP contribution in [0.15, 0.2) is 12.1 Å². The highest BCUT2D eigenvalue weighted by Crippen LogP contribution is 2.30. The molecule has 1 aromatic heterocycles. The molecule has 1 heterocycles. The fraction of sp³-hybridized carbons (Fsp3) is 0.609. The molecule has 0 fully saturated rings. The van der Waals surface area contributed by atoms with Crippen LogP contribution in [0.4, 0.5) is 24.9 Å². The van der Waals surface area contributed by atoms with Crippen molar-refractivity contribution in [1.82, 2.24) is 9.97 Å². The summed E-state index contributed by atoms with van der Waals surface area (Å²) >= 11 is 6.30. The number of ether oxygens (including phenoxy) is 2. The number of methoxy groups -OCH3 is 2. The molecule has 0 bridgehead atoms. The van der Waals surface area contributed by atoms with E-state index in [1.54, 1.807) is 14.2 Å². The van der Waals surface area contributed by atoms with Crippen LogP contribution in [0.5, 0.6) is 0 Å². The van der Waals surface area contributed by atoms with Crippen LogP contribution in [0.2, 0.25) is 5.02 Å². The summed E-state index contributed by atoms with van der Waals surface area (Å²) in [6.45, 7) is 7.32. The highest BCUT2D eigenvalue weighted by atomic mass is 35.5. The summed E-state index contributed by atoms with van der Waals surface area (Å²) in [6, 6.07) is 3.68. The second-order valence-electron chi connectivity index (χ2n) is 8.46. The molecule has 2 unspecified atom stereocenters. The van der Waals surface area contributed by atoms with E-state index in [0.717, 1.165) is 22.9 Å². The number of anilines is 2. The molecule has 0 amide bonds. The Labute approximate surface area is 213 Å². The SMILES string of the molecule is CCC(C)(CN(C)c1nc(NC(CCO)COC)c2c(C)cc(Cl)cc2n1)OC.O=C(O)C(F)(F)F. The fourth-order valence-electron chi connectivity index (χ4n) is 3.33. The number of carbonyl (C=O) groups is 1. The van der Waals surface area contributed by atoms with Gasteiger partial charge in [0.15, 0.2) is 0 Å². The molecule has 0 aliphatic rings. The lowest BCUT2D eigenvalue weighted by molar-refractivity contribution is -0.192. The number of rotatable bonds is 11. The van der Waals surface area contributed by atoms with E-state index in [9.17, 15) is 18.3 Å². The maximum atomic E-state index is 10.6. The molecule has 2 rings (SSSR count). The van der Waals surface area contributed by atoms with Crippen LogP contribution in [-0.2, 0) is 14.3 Å². The number of nitrogens with zero attached hydrogens (tertiary/aromatic N) is 3. The zero-order valence-electron chi connectivity index (χ0n) is 21.2. The molecular weight excluding hydrogens is 505 g/mol. The number of hydrogen-bond acceptors (Lipinski definition) is 8. The van der Waals surface area contributed by atoms with E-state index in [2.05, 4.69) is 19.2 Å². The zero-order valence-corrected chi connectivity index (χ0v) is 22.0. The van der Waals surface area contributed by atoms with Crippen molar-refractivity contribution in [2.75, 3.05) is 51.2 Å². The quantitative estimate of drug-likeness (QED) is 0.385. The van der Waals surface area contributed by atoms with Gasteiger partial charge < -0.3 is 29.9 Å². The first-order chi connectivity index (χ1) is 16.7. The standard InChI is InChI=1S/C21H33ClN4O3.C2HF3O2/c1-7-21(3,29-6)13-26(4)20-24-17-11-15(22)10-14(2)18(17)19(25-20)23-16(8-9-27)12-28-5;3-2(4,5)1(6)7/h10-11,16,27H,7-9,12-13H2,1-6H3,(H,23,24,25);(H,6,7). The molecule has 36 heavy (non-hydrogen) atoms. The number of likely N-dealkylation sites (N-methyl/N-ethyl adjacent to an activating group) is 1. The lowest BCUT2D eigenvalue weighted by Gasteiger charge is -2.32. The van der Waals surface area contributed by atoms with Gasteiger partial charge in [-0.2, -0.15) is 18.2 Å². The molecule has 0 aliphatic carbocycles. The molecular formula is C23H34ClF3N4O5. The third-order valence-electron chi connectivity index (χ3n) is 5.53. The van der Waals surface area contributed by atoms with Gasteiger partial charge in [0, 0.05) is 44.8 Å². The second-order valence-corrected chi connectivity index (χ2v) is 8.90. The molecule has 0 spiro atoms. The van der Waals surface area contributed by atoms with Gasteiger partial charge in [-0.25, -0.2) is 9.78 Å². The van der Waals surface area contributed by atoms with E-state index in [1.807, 2.05) is 31.0 Å². The van der Waals surface area contributed by atoms with Gasteiger partial charge in [-0.3, -0.25) is 0 Å². The molecule has 2 aromatic rings. The number of alkyl halides is 3. The monoisotopic (exact) mass is 538 g/mol. The number of carboxylic acids is 1. The third kappa shape index (κ3) is 9.23. The summed E-state index contributed by atoms with van der Waals surface area (Å²) < 4.78 is 42.7. The fourth-order valence-corrected chi connectivity index (χ4v) is 3.59. The van der Waals surface area contributed by atoms with Gasteiger partial charge in [-0.05, 0) is 44.4 Å². The molecule has 0 aliphatic heterocycles. The van der Waals surface area contributed by atoms with Gasteiger partial charge in [-0.1, -0.05) is 18.5 Å². The van der Waals surface area contributed by atoms with Gasteiger partial charge in [-0.15, -0.1) is 0 Å². The Hall–Kier alpha value is -2.41. The Morgan fingerprint density at radius 2 is 1.89 bits per heavy atom. The van der Waals surface area contributed by atoms with E-state index in [-0.39, 0.29) is 18.2 Å². The topological polar surface area (TPSA) is 117 Å². The Kier molecular flexibility index (Phi) is 12.1. The van der Waals surface area contributed by atoms with E-state index in [4.69, 9.17) is 40.9 Å². The van der Waals surface area contributed by atoms with Crippen molar-refractivity contribution in [3.05, 3.63) is 22.7 Å². The minimum absolute atomic E-state index is 0.0598.